The van der Waals surface area contributed by atoms with E-state index in [4.69, 9.17) is 5.73 Å². The Kier molecular flexibility index (Phi) is 3.86. The highest BCUT2D eigenvalue weighted by Crippen LogP contribution is 2.27. The molecule has 0 aliphatic rings. The first-order chi connectivity index (χ1) is 8.99. The van der Waals surface area contributed by atoms with E-state index in [1.165, 1.54) is 16.8 Å². The average molecular weight is 255 g/mol. The van der Waals surface area contributed by atoms with Gasteiger partial charge in [-0.3, -0.25) is 4.98 Å². The molecule has 0 radical (unpaired) electrons. The van der Waals surface area contributed by atoms with E-state index in [9.17, 15) is 0 Å². The molecule has 2 N–H and O–H groups in total. The maximum absolute atomic E-state index is 5.82. The number of aromatic nitrogens is 1. The summed E-state index contributed by atoms with van der Waals surface area (Å²) in [6, 6.07) is 10.5. The maximum atomic E-state index is 5.82. The average Bonchev–Trinajstić information content (AvgIpc) is 2.38. The van der Waals surface area contributed by atoms with Crippen LogP contribution in [0.4, 0.5) is 11.4 Å². The number of nitrogens with zero attached hydrogens (tertiary/aromatic N) is 2. The molecule has 0 fully saturated rings. The van der Waals surface area contributed by atoms with Crippen LogP contribution in [0.5, 0.6) is 0 Å². The highest BCUT2D eigenvalue weighted by atomic mass is 15.1. The number of nitrogens with two attached hydrogens (primary N) is 1. The van der Waals surface area contributed by atoms with E-state index in [1.807, 2.05) is 19.2 Å². The number of anilines is 2. The molecule has 100 valence electrons. The lowest BCUT2D eigenvalue weighted by Crippen LogP contribution is -2.13. The zero-order valence-electron chi connectivity index (χ0n) is 12.0. The SMILES string of the molecule is Cc1ccc(N(C)c2ccc([C@@H](C)N)nc2)c(C)c1. The van der Waals surface area contributed by atoms with E-state index < -0.39 is 0 Å². The minimum atomic E-state index is -0.0273. The van der Waals surface area contributed by atoms with Crippen molar-refractivity contribution in [3.05, 3.63) is 53.3 Å². The van der Waals surface area contributed by atoms with Crippen molar-refractivity contribution in [3.63, 3.8) is 0 Å². The van der Waals surface area contributed by atoms with Gasteiger partial charge in [-0.25, -0.2) is 0 Å². The van der Waals surface area contributed by atoms with Crippen molar-refractivity contribution in [2.75, 3.05) is 11.9 Å². The molecule has 0 bridgehead atoms. The van der Waals surface area contributed by atoms with Crippen LogP contribution in [0.3, 0.4) is 0 Å². The molecule has 2 rings (SSSR count). The third-order valence-corrected chi connectivity index (χ3v) is 3.34. The second kappa shape index (κ2) is 5.41. The van der Waals surface area contributed by atoms with Crippen LogP contribution in [0.25, 0.3) is 0 Å². The number of hydrogen-bond acceptors (Lipinski definition) is 3. The molecule has 1 aromatic heterocycles. The molecule has 3 heteroatoms. The van der Waals surface area contributed by atoms with Crippen LogP contribution < -0.4 is 10.6 Å². The van der Waals surface area contributed by atoms with Gasteiger partial charge in [0.05, 0.1) is 17.6 Å². The first-order valence-electron chi connectivity index (χ1n) is 6.51. The molecule has 1 aromatic carbocycles. The molecule has 0 amide bonds. The number of benzene rings is 1. The highest BCUT2D eigenvalue weighted by Gasteiger charge is 2.08. The van der Waals surface area contributed by atoms with Crippen LogP contribution >= 0.6 is 0 Å². The van der Waals surface area contributed by atoms with Crippen molar-refractivity contribution in [3.8, 4) is 0 Å². The summed E-state index contributed by atoms with van der Waals surface area (Å²) < 4.78 is 0. The summed E-state index contributed by atoms with van der Waals surface area (Å²) >= 11 is 0. The molecule has 19 heavy (non-hydrogen) atoms. The minimum Gasteiger partial charge on any atom is -0.343 e. The molecule has 2 aromatic rings. The Morgan fingerprint density at radius 1 is 1.16 bits per heavy atom. The predicted octanol–water partition coefficient (Wildman–Crippen LogP) is 3.49. The third kappa shape index (κ3) is 2.93. The summed E-state index contributed by atoms with van der Waals surface area (Å²) in [6.07, 6.45) is 1.87. The topological polar surface area (TPSA) is 42.1 Å². The van der Waals surface area contributed by atoms with E-state index in [-0.39, 0.29) is 6.04 Å². The van der Waals surface area contributed by atoms with Crippen molar-refractivity contribution in [2.24, 2.45) is 5.73 Å². The Morgan fingerprint density at radius 2 is 1.89 bits per heavy atom. The van der Waals surface area contributed by atoms with Crippen molar-refractivity contribution >= 4 is 11.4 Å². The van der Waals surface area contributed by atoms with E-state index in [0.29, 0.717) is 0 Å². The molecule has 0 saturated heterocycles. The molecule has 3 nitrogen and oxygen atoms in total. The first kappa shape index (κ1) is 13.6. The fourth-order valence-electron chi connectivity index (χ4n) is 2.19. The molecule has 0 unspecified atom stereocenters. The van der Waals surface area contributed by atoms with Crippen LogP contribution in [0.2, 0.25) is 0 Å². The van der Waals surface area contributed by atoms with Crippen LogP contribution in [-0.2, 0) is 0 Å². The lowest BCUT2D eigenvalue weighted by Gasteiger charge is -2.22. The summed E-state index contributed by atoms with van der Waals surface area (Å²) in [5, 5.41) is 0. The van der Waals surface area contributed by atoms with Crippen molar-refractivity contribution in [1.29, 1.82) is 0 Å². The molecule has 0 aliphatic carbocycles. The molecule has 0 spiro atoms. The normalized spacial score (nSPS) is 12.3. The summed E-state index contributed by atoms with van der Waals surface area (Å²) in [5.74, 6) is 0. The molecule has 0 aliphatic heterocycles. The summed E-state index contributed by atoms with van der Waals surface area (Å²) in [4.78, 5) is 6.55. The second-order valence-corrected chi connectivity index (χ2v) is 5.08. The van der Waals surface area contributed by atoms with Gasteiger partial charge in [-0.15, -0.1) is 0 Å². The van der Waals surface area contributed by atoms with Crippen LogP contribution in [0.15, 0.2) is 36.5 Å². The Morgan fingerprint density at radius 3 is 2.42 bits per heavy atom. The maximum Gasteiger partial charge on any atom is 0.0594 e. The van der Waals surface area contributed by atoms with Crippen molar-refractivity contribution < 1.29 is 0 Å². The number of pyridine rings is 1. The molecular weight excluding hydrogens is 234 g/mol. The van der Waals surface area contributed by atoms with Gasteiger partial charge in [0.25, 0.3) is 0 Å². The summed E-state index contributed by atoms with van der Waals surface area (Å²) in [6.45, 7) is 6.17. The van der Waals surface area contributed by atoms with E-state index in [0.717, 1.165) is 11.4 Å². The Labute approximate surface area is 115 Å². The molecule has 0 saturated carbocycles. The van der Waals surface area contributed by atoms with E-state index >= 15 is 0 Å². The van der Waals surface area contributed by atoms with Gasteiger partial charge < -0.3 is 10.6 Å². The third-order valence-electron chi connectivity index (χ3n) is 3.34. The highest BCUT2D eigenvalue weighted by molar-refractivity contribution is 5.65. The lowest BCUT2D eigenvalue weighted by molar-refractivity contribution is 0.781. The Bertz CT molecular complexity index is 559. The Hall–Kier alpha value is -1.87. The van der Waals surface area contributed by atoms with Crippen LogP contribution in [0.1, 0.15) is 29.8 Å². The summed E-state index contributed by atoms with van der Waals surface area (Å²) in [5.41, 5.74) is 11.5. The number of rotatable bonds is 3. The zero-order chi connectivity index (χ0) is 14.0. The van der Waals surface area contributed by atoms with Gasteiger partial charge >= 0.3 is 0 Å². The lowest BCUT2D eigenvalue weighted by atomic mass is 10.1. The second-order valence-electron chi connectivity index (χ2n) is 5.08. The Balaban J connectivity index is 2.30. The summed E-state index contributed by atoms with van der Waals surface area (Å²) in [7, 11) is 2.06. The molecule has 1 atom stereocenters. The quantitative estimate of drug-likeness (QED) is 0.913. The van der Waals surface area contributed by atoms with Gasteiger partial charge in [0.2, 0.25) is 0 Å². The van der Waals surface area contributed by atoms with Gasteiger partial charge in [0, 0.05) is 18.8 Å². The number of aryl methyl sites for hydroxylation is 2. The molecule has 1 heterocycles. The predicted molar refractivity (Wildman–Crippen MR) is 80.8 cm³/mol. The first-order valence-corrected chi connectivity index (χ1v) is 6.51. The van der Waals surface area contributed by atoms with Gasteiger partial charge in [-0.05, 0) is 44.5 Å². The number of hydrogen-bond donors (Lipinski definition) is 1. The monoisotopic (exact) mass is 255 g/mol. The smallest absolute Gasteiger partial charge is 0.0594 e. The van der Waals surface area contributed by atoms with Gasteiger partial charge in [-0.1, -0.05) is 17.7 Å². The fraction of sp³-hybridized carbons (Fsp3) is 0.312. The molecular formula is C16H21N3. The zero-order valence-corrected chi connectivity index (χ0v) is 12.0. The van der Waals surface area contributed by atoms with E-state index in [2.05, 4.69) is 55.0 Å². The van der Waals surface area contributed by atoms with Crippen LogP contribution in [0, 0.1) is 13.8 Å². The fourth-order valence-corrected chi connectivity index (χ4v) is 2.19. The van der Waals surface area contributed by atoms with Gasteiger partial charge in [0.1, 0.15) is 0 Å². The van der Waals surface area contributed by atoms with E-state index in [1.54, 1.807) is 0 Å². The van der Waals surface area contributed by atoms with Crippen molar-refractivity contribution in [2.45, 2.75) is 26.8 Å². The van der Waals surface area contributed by atoms with Crippen molar-refractivity contribution in [1.82, 2.24) is 4.98 Å². The standard InChI is InChI=1S/C16H21N3/c1-11-5-8-16(12(2)9-11)19(4)14-6-7-15(13(3)17)18-10-14/h5-10,13H,17H2,1-4H3/t13-/m1/s1. The minimum absolute atomic E-state index is 0.0273. The van der Waals surface area contributed by atoms with Crippen LogP contribution in [-0.4, -0.2) is 12.0 Å². The largest absolute Gasteiger partial charge is 0.343 e. The van der Waals surface area contributed by atoms with Gasteiger partial charge in [-0.2, -0.15) is 0 Å². The van der Waals surface area contributed by atoms with Gasteiger partial charge in [0.15, 0.2) is 0 Å².